The van der Waals surface area contributed by atoms with E-state index in [1.54, 1.807) is 0 Å². The molecule has 0 aliphatic heterocycles. The van der Waals surface area contributed by atoms with Crippen LogP contribution in [0.4, 0.5) is 5.95 Å². The SMILES string of the molecule is CCCCn1ccnc1NCc1ccccc1Br. The van der Waals surface area contributed by atoms with Crippen LogP contribution in [0.1, 0.15) is 25.3 Å². The highest BCUT2D eigenvalue weighted by Gasteiger charge is 2.03. The van der Waals surface area contributed by atoms with Gasteiger partial charge >= 0.3 is 0 Å². The molecule has 1 N–H and O–H groups in total. The zero-order valence-corrected chi connectivity index (χ0v) is 12.2. The van der Waals surface area contributed by atoms with Crippen LogP contribution in [0.15, 0.2) is 41.1 Å². The van der Waals surface area contributed by atoms with Crippen molar-refractivity contribution in [2.75, 3.05) is 5.32 Å². The topological polar surface area (TPSA) is 29.9 Å². The molecule has 3 nitrogen and oxygen atoms in total. The van der Waals surface area contributed by atoms with Gasteiger partial charge in [0.1, 0.15) is 0 Å². The summed E-state index contributed by atoms with van der Waals surface area (Å²) in [5.74, 6) is 0.944. The first-order valence-corrected chi connectivity index (χ1v) is 7.09. The van der Waals surface area contributed by atoms with E-state index in [0.29, 0.717) is 0 Å². The zero-order chi connectivity index (χ0) is 12.8. The van der Waals surface area contributed by atoms with E-state index >= 15 is 0 Å². The highest BCUT2D eigenvalue weighted by molar-refractivity contribution is 9.10. The molecule has 0 atom stereocenters. The van der Waals surface area contributed by atoms with Gasteiger partial charge < -0.3 is 9.88 Å². The smallest absolute Gasteiger partial charge is 0.203 e. The first kappa shape index (κ1) is 13.1. The van der Waals surface area contributed by atoms with Crippen LogP contribution in [-0.4, -0.2) is 9.55 Å². The number of aryl methyl sites for hydroxylation is 1. The van der Waals surface area contributed by atoms with Gasteiger partial charge in [0.05, 0.1) is 0 Å². The molecule has 0 amide bonds. The van der Waals surface area contributed by atoms with E-state index in [4.69, 9.17) is 0 Å². The number of hydrogen-bond acceptors (Lipinski definition) is 2. The molecule has 1 aromatic heterocycles. The largest absolute Gasteiger partial charge is 0.352 e. The number of benzene rings is 1. The average molecular weight is 308 g/mol. The minimum Gasteiger partial charge on any atom is -0.352 e. The molecule has 2 aromatic rings. The molecule has 18 heavy (non-hydrogen) atoms. The van der Waals surface area contributed by atoms with Gasteiger partial charge in [-0.15, -0.1) is 0 Å². The Morgan fingerprint density at radius 2 is 2.17 bits per heavy atom. The van der Waals surface area contributed by atoms with Gasteiger partial charge in [0.15, 0.2) is 0 Å². The number of halogens is 1. The predicted molar refractivity (Wildman–Crippen MR) is 78.6 cm³/mol. The lowest BCUT2D eigenvalue weighted by molar-refractivity contribution is 0.635. The van der Waals surface area contributed by atoms with Crippen LogP contribution in [0.25, 0.3) is 0 Å². The fourth-order valence-electron chi connectivity index (χ4n) is 1.80. The Bertz CT molecular complexity index is 493. The van der Waals surface area contributed by atoms with E-state index in [2.05, 4.69) is 49.9 Å². The number of nitrogens with one attached hydrogen (secondary N) is 1. The number of imidazole rings is 1. The summed E-state index contributed by atoms with van der Waals surface area (Å²) in [5, 5.41) is 3.38. The van der Waals surface area contributed by atoms with Crippen molar-refractivity contribution in [1.82, 2.24) is 9.55 Å². The van der Waals surface area contributed by atoms with Crippen molar-refractivity contribution in [2.24, 2.45) is 0 Å². The molecule has 0 aliphatic carbocycles. The van der Waals surface area contributed by atoms with Crippen LogP contribution in [-0.2, 0) is 13.1 Å². The van der Waals surface area contributed by atoms with Gasteiger partial charge in [0.25, 0.3) is 0 Å². The van der Waals surface area contributed by atoms with E-state index in [-0.39, 0.29) is 0 Å². The maximum Gasteiger partial charge on any atom is 0.203 e. The molecule has 96 valence electrons. The standard InChI is InChI=1S/C14H18BrN3/c1-2-3-9-18-10-8-16-14(18)17-11-12-6-4-5-7-13(12)15/h4-8,10H,2-3,9,11H2,1H3,(H,16,17). The van der Waals surface area contributed by atoms with E-state index in [9.17, 15) is 0 Å². The van der Waals surface area contributed by atoms with Crippen molar-refractivity contribution in [1.29, 1.82) is 0 Å². The molecule has 0 aliphatic rings. The number of unbranched alkanes of at least 4 members (excludes halogenated alkanes) is 1. The first-order chi connectivity index (χ1) is 8.81. The molecule has 0 saturated heterocycles. The van der Waals surface area contributed by atoms with Crippen LogP contribution in [0.3, 0.4) is 0 Å². The highest BCUT2D eigenvalue weighted by atomic mass is 79.9. The van der Waals surface area contributed by atoms with Gasteiger partial charge in [0.2, 0.25) is 5.95 Å². The zero-order valence-electron chi connectivity index (χ0n) is 10.6. The van der Waals surface area contributed by atoms with Crippen LogP contribution >= 0.6 is 15.9 Å². The molecule has 0 bridgehead atoms. The Morgan fingerprint density at radius 3 is 2.94 bits per heavy atom. The lowest BCUT2D eigenvalue weighted by Gasteiger charge is -2.10. The monoisotopic (exact) mass is 307 g/mol. The normalized spacial score (nSPS) is 10.6. The molecule has 0 fully saturated rings. The Hall–Kier alpha value is -1.29. The molecule has 0 spiro atoms. The lowest BCUT2D eigenvalue weighted by atomic mass is 10.2. The summed E-state index contributed by atoms with van der Waals surface area (Å²) in [6.45, 7) is 4.00. The lowest BCUT2D eigenvalue weighted by Crippen LogP contribution is -2.07. The fourth-order valence-corrected chi connectivity index (χ4v) is 2.23. The summed E-state index contributed by atoms with van der Waals surface area (Å²) in [4.78, 5) is 4.35. The molecular formula is C14H18BrN3. The van der Waals surface area contributed by atoms with Gasteiger partial charge in [-0.1, -0.05) is 47.5 Å². The van der Waals surface area contributed by atoms with Crippen molar-refractivity contribution in [3.63, 3.8) is 0 Å². The molecule has 1 heterocycles. The van der Waals surface area contributed by atoms with Crippen molar-refractivity contribution >= 4 is 21.9 Å². The quantitative estimate of drug-likeness (QED) is 0.872. The number of hydrogen-bond donors (Lipinski definition) is 1. The van der Waals surface area contributed by atoms with Gasteiger partial charge in [-0.3, -0.25) is 0 Å². The van der Waals surface area contributed by atoms with Gasteiger partial charge in [-0.2, -0.15) is 0 Å². The van der Waals surface area contributed by atoms with Crippen molar-refractivity contribution in [2.45, 2.75) is 32.9 Å². The summed E-state index contributed by atoms with van der Waals surface area (Å²) in [5.41, 5.74) is 1.24. The molecule has 0 radical (unpaired) electrons. The van der Waals surface area contributed by atoms with E-state index in [1.165, 1.54) is 18.4 Å². The predicted octanol–water partition coefficient (Wildman–Crippen LogP) is 4.06. The highest BCUT2D eigenvalue weighted by Crippen LogP contribution is 2.17. The van der Waals surface area contributed by atoms with Gasteiger partial charge in [-0.05, 0) is 18.1 Å². The Balaban J connectivity index is 1.98. The minimum atomic E-state index is 0.782. The summed E-state index contributed by atoms with van der Waals surface area (Å²) < 4.78 is 3.30. The first-order valence-electron chi connectivity index (χ1n) is 6.29. The van der Waals surface area contributed by atoms with Crippen LogP contribution in [0.2, 0.25) is 0 Å². The molecular weight excluding hydrogens is 290 g/mol. The average Bonchev–Trinajstić information content (AvgIpc) is 2.83. The number of rotatable bonds is 6. The third-order valence-electron chi connectivity index (χ3n) is 2.86. The van der Waals surface area contributed by atoms with Crippen LogP contribution in [0, 0.1) is 0 Å². The minimum absolute atomic E-state index is 0.782. The third-order valence-corrected chi connectivity index (χ3v) is 3.64. The van der Waals surface area contributed by atoms with Crippen LogP contribution < -0.4 is 5.32 Å². The van der Waals surface area contributed by atoms with Crippen molar-refractivity contribution in [3.05, 3.63) is 46.7 Å². The number of anilines is 1. The maximum absolute atomic E-state index is 4.35. The van der Waals surface area contributed by atoms with Crippen molar-refractivity contribution in [3.8, 4) is 0 Å². The molecule has 4 heteroatoms. The van der Waals surface area contributed by atoms with E-state index in [1.807, 2.05) is 24.5 Å². The Kier molecular flexibility index (Phi) is 4.81. The summed E-state index contributed by atoms with van der Waals surface area (Å²) >= 11 is 3.55. The number of aromatic nitrogens is 2. The van der Waals surface area contributed by atoms with E-state index in [0.717, 1.165) is 23.5 Å². The van der Waals surface area contributed by atoms with Gasteiger partial charge in [0, 0.05) is 30.0 Å². The summed E-state index contributed by atoms with van der Waals surface area (Å²) in [7, 11) is 0. The van der Waals surface area contributed by atoms with Gasteiger partial charge in [-0.25, -0.2) is 4.98 Å². The summed E-state index contributed by atoms with van der Waals surface area (Å²) in [6.07, 6.45) is 6.25. The second kappa shape index (κ2) is 6.59. The molecule has 0 unspecified atom stereocenters. The third kappa shape index (κ3) is 3.35. The summed E-state index contributed by atoms with van der Waals surface area (Å²) in [6, 6.07) is 8.23. The second-order valence-electron chi connectivity index (χ2n) is 4.24. The van der Waals surface area contributed by atoms with E-state index < -0.39 is 0 Å². The maximum atomic E-state index is 4.35. The Labute approximate surface area is 116 Å². The molecule has 0 saturated carbocycles. The van der Waals surface area contributed by atoms with Crippen molar-refractivity contribution < 1.29 is 0 Å². The second-order valence-corrected chi connectivity index (χ2v) is 5.10. The Morgan fingerprint density at radius 1 is 1.33 bits per heavy atom. The molecule has 2 rings (SSSR count). The van der Waals surface area contributed by atoms with Crippen LogP contribution in [0.5, 0.6) is 0 Å². The fraction of sp³-hybridized carbons (Fsp3) is 0.357. The number of nitrogens with zero attached hydrogens (tertiary/aromatic N) is 2. The molecule has 1 aromatic carbocycles.